The Balaban J connectivity index is 2.59. The third-order valence-electron chi connectivity index (χ3n) is 2.63. The highest BCUT2D eigenvalue weighted by Gasteiger charge is 2.09. The molecule has 0 aliphatic rings. The predicted octanol–water partition coefficient (Wildman–Crippen LogP) is 1.68. The minimum atomic E-state index is 0.554. The lowest BCUT2D eigenvalue weighted by atomic mass is 10.1. The molecule has 2 N–H and O–H groups in total. The van der Waals surface area contributed by atoms with Gasteiger partial charge in [-0.3, -0.25) is 4.68 Å². The number of hydrogen-bond donors (Lipinski definition) is 1. The van der Waals surface area contributed by atoms with E-state index < -0.39 is 0 Å². The fourth-order valence-electron chi connectivity index (χ4n) is 1.63. The number of nitrogens with zero attached hydrogens (tertiary/aromatic N) is 3. The Labute approximate surface area is 88.8 Å². The first-order chi connectivity index (χ1) is 7.09. The zero-order valence-corrected chi connectivity index (χ0v) is 9.15. The molecule has 0 saturated heterocycles. The first-order valence-electron chi connectivity index (χ1n) is 4.81. The van der Waals surface area contributed by atoms with Crippen LogP contribution in [0.25, 0.3) is 11.1 Å². The monoisotopic (exact) mass is 202 g/mol. The van der Waals surface area contributed by atoms with Crippen molar-refractivity contribution >= 4 is 5.82 Å². The molecule has 15 heavy (non-hydrogen) atoms. The number of rotatable bonds is 1. The maximum absolute atomic E-state index is 5.62. The lowest BCUT2D eigenvalue weighted by Gasteiger charge is -2.05. The van der Waals surface area contributed by atoms with E-state index in [9.17, 15) is 0 Å². The van der Waals surface area contributed by atoms with Gasteiger partial charge in [-0.05, 0) is 26.0 Å². The van der Waals surface area contributed by atoms with E-state index in [0.29, 0.717) is 5.82 Å². The molecular formula is C11H14N4. The van der Waals surface area contributed by atoms with E-state index in [0.717, 1.165) is 22.5 Å². The molecule has 0 atom stereocenters. The van der Waals surface area contributed by atoms with Gasteiger partial charge in [0.15, 0.2) is 0 Å². The third-order valence-corrected chi connectivity index (χ3v) is 2.63. The normalized spacial score (nSPS) is 10.6. The number of hydrogen-bond acceptors (Lipinski definition) is 3. The maximum Gasteiger partial charge on any atom is 0.123 e. The average molecular weight is 202 g/mol. The Morgan fingerprint density at radius 3 is 2.47 bits per heavy atom. The Kier molecular flexibility index (Phi) is 2.19. The van der Waals surface area contributed by atoms with Crippen LogP contribution in [-0.2, 0) is 7.05 Å². The highest BCUT2D eigenvalue weighted by atomic mass is 15.3. The lowest BCUT2D eigenvalue weighted by molar-refractivity contribution is 0.740. The summed E-state index contributed by atoms with van der Waals surface area (Å²) in [6.45, 7) is 4.00. The second kappa shape index (κ2) is 3.38. The summed E-state index contributed by atoms with van der Waals surface area (Å²) in [5.74, 6) is 0.554. The molecule has 4 heteroatoms. The second-order valence-corrected chi connectivity index (χ2v) is 3.64. The quantitative estimate of drug-likeness (QED) is 0.765. The largest absolute Gasteiger partial charge is 0.384 e. The minimum Gasteiger partial charge on any atom is -0.384 e. The van der Waals surface area contributed by atoms with Crippen molar-refractivity contribution in [3.63, 3.8) is 0 Å². The van der Waals surface area contributed by atoms with Crippen LogP contribution in [0.1, 0.15) is 11.4 Å². The number of nitrogen functional groups attached to an aromatic ring is 1. The zero-order valence-electron chi connectivity index (χ0n) is 9.15. The standard InChI is InChI=1S/C11H14N4/c1-7-9(4-5-11(12)14-7)10-6-13-15(3)8(10)2/h4-6H,1-3H3,(H2,12,14). The summed E-state index contributed by atoms with van der Waals surface area (Å²) in [6, 6.07) is 3.80. The summed E-state index contributed by atoms with van der Waals surface area (Å²) in [4.78, 5) is 4.24. The molecule has 0 amide bonds. The summed E-state index contributed by atoms with van der Waals surface area (Å²) >= 11 is 0. The SMILES string of the molecule is Cc1nc(N)ccc1-c1cnn(C)c1C. The van der Waals surface area contributed by atoms with Crippen molar-refractivity contribution in [2.24, 2.45) is 7.05 Å². The van der Waals surface area contributed by atoms with Gasteiger partial charge >= 0.3 is 0 Å². The Hall–Kier alpha value is -1.84. The molecule has 0 unspecified atom stereocenters. The van der Waals surface area contributed by atoms with E-state index in [1.54, 1.807) is 0 Å². The molecule has 78 valence electrons. The smallest absolute Gasteiger partial charge is 0.123 e. The molecule has 0 aromatic carbocycles. The summed E-state index contributed by atoms with van der Waals surface area (Å²) in [7, 11) is 1.93. The Morgan fingerprint density at radius 2 is 1.93 bits per heavy atom. The highest BCUT2D eigenvalue weighted by molar-refractivity contribution is 5.68. The van der Waals surface area contributed by atoms with Crippen LogP contribution in [0, 0.1) is 13.8 Å². The highest BCUT2D eigenvalue weighted by Crippen LogP contribution is 2.25. The summed E-state index contributed by atoms with van der Waals surface area (Å²) in [6.07, 6.45) is 1.86. The topological polar surface area (TPSA) is 56.7 Å². The van der Waals surface area contributed by atoms with Crippen LogP contribution in [0.15, 0.2) is 18.3 Å². The molecule has 2 rings (SSSR count). The predicted molar refractivity (Wildman–Crippen MR) is 60.3 cm³/mol. The molecule has 0 bridgehead atoms. The number of aromatic nitrogens is 3. The van der Waals surface area contributed by atoms with Crippen LogP contribution in [0.5, 0.6) is 0 Å². The van der Waals surface area contributed by atoms with Crippen LogP contribution < -0.4 is 5.73 Å². The fourth-order valence-corrected chi connectivity index (χ4v) is 1.63. The molecule has 2 heterocycles. The van der Waals surface area contributed by atoms with E-state index in [1.807, 2.05) is 43.9 Å². The lowest BCUT2D eigenvalue weighted by Crippen LogP contribution is -1.96. The molecule has 2 aromatic rings. The minimum absolute atomic E-state index is 0.554. The van der Waals surface area contributed by atoms with Gasteiger partial charge in [0, 0.05) is 29.6 Å². The molecule has 4 nitrogen and oxygen atoms in total. The molecule has 0 fully saturated rings. The maximum atomic E-state index is 5.62. The second-order valence-electron chi connectivity index (χ2n) is 3.64. The number of anilines is 1. The van der Waals surface area contributed by atoms with Crippen molar-refractivity contribution in [3.8, 4) is 11.1 Å². The number of pyridine rings is 1. The molecule has 0 spiro atoms. The summed E-state index contributed by atoms with van der Waals surface area (Å²) in [5.41, 5.74) is 9.89. The van der Waals surface area contributed by atoms with Gasteiger partial charge in [0.25, 0.3) is 0 Å². The Morgan fingerprint density at radius 1 is 1.20 bits per heavy atom. The van der Waals surface area contributed by atoms with E-state index >= 15 is 0 Å². The van der Waals surface area contributed by atoms with Crippen LogP contribution in [-0.4, -0.2) is 14.8 Å². The molecule has 0 aliphatic carbocycles. The van der Waals surface area contributed by atoms with Crippen molar-refractivity contribution in [1.29, 1.82) is 0 Å². The van der Waals surface area contributed by atoms with Gasteiger partial charge in [-0.15, -0.1) is 0 Å². The average Bonchev–Trinajstić information content (AvgIpc) is 2.49. The molecule has 0 saturated carbocycles. The molecule has 2 aromatic heterocycles. The van der Waals surface area contributed by atoms with Gasteiger partial charge in [0.1, 0.15) is 5.82 Å². The third kappa shape index (κ3) is 1.58. The van der Waals surface area contributed by atoms with Gasteiger partial charge in [-0.25, -0.2) is 4.98 Å². The first-order valence-corrected chi connectivity index (χ1v) is 4.81. The molecule has 0 radical (unpaired) electrons. The molecular weight excluding hydrogens is 188 g/mol. The summed E-state index contributed by atoms with van der Waals surface area (Å²) < 4.78 is 1.85. The fraction of sp³-hybridized carbons (Fsp3) is 0.273. The van der Waals surface area contributed by atoms with Crippen molar-refractivity contribution in [1.82, 2.24) is 14.8 Å². The van der Waals surface area contributed by atoms with Crippen LogP contribution in [0.2, 0.25) is 0 Å². The summed E-state index contributed by atoms with van der Waals surface area (Å²) in [5, 5.41) is 4.21. The van der Waals surface area contributed by atoms with Gasteiger partial charge in [0.05, 0.1) is 6.20 Å². The first kappa shape index (κ1) is 9.71. The van der Waals surface area contributed by atoms with Gasteiger partial charge < -0.3 is 5.73 Å². The Bertz CT molecular complexity index is 499. The molecule has 0 aliphatic heterocycles. The van der Waals surface area contributed by atoms with Gasteiger partial charge in [-0.2, -0.15) is 5.10 Å². The van der Waals surface area contributed by atoms with Gasteiger partial charge in [0.2, 0.25) is 0 Å². The van der Waals surface area contributed by atoms with Crippen molar-refractivity contribution in [2.45, 2.75) is 13.8 Å². The van der Waals surface area contributed by atoms with E-state index in [1.165, 1.54) is 0 Å². The number of aryl methyl sites for hydroxylation is 2. The van der Waals surface area contributed by atoms with Gasteiger partial charge in [-0.1, -0.05) is 0 Å². The van der Waals surface area contributed by atoms with Crippen LogP contribution in [0.4, 0.5) is 5.82 Å². The van der Waals surface area contributed by atoms with Crippen molar-refractivity contribution in [3.05, 3.63) is 29.7 Å². The van der Waals surface area contributed by atoms with Crippen LogP contribution >= 0.6 is 0 Å². The zero-order chi connectivity index (χ0) is 11.0. The van der Waals surface area contributed by atoms with E-state index in [-0.39, 0.29) is 0 Å². The van der Waals surface area contributed by atoms with E-state index in [4.69, 9.17) is 5.73 Å². The van der Waals surface area contributed by atoms with Crippen molar-refractivity contribution < 1.29 is 0 Å². The van der Waals surface area contributed by atoms with Crippen molar-refractivity contribution in [2.75, 3.05) is 5.73 Å². The van der Waals surface area contributed by atoms with Crippen LogP contribution in [0.3, 0.4) is 0 Å². The van der Waals surface area contributed by atoms with E-state index in [2.05, 4.69) is 10.1 Å². The number of nitrogens with two attached hydrogens (primary N) is 1.